The molecule has 3 heteroatoms. The Kier molecular flexibility index (Phi) is 4.23. The van der Waals surface area contributed by atoms with Gasteiger partial charge in [-0.1, -0.05) is 24.6 Å². The maximum atomic E-state index is 9.22. The highest BCUT2D eigenvalue weighted by atomic mass is 35.5. The number of hydrogen-bond donors (Lipinski definition) is 1. The summed E-state index contributed by atoms with van der Waals surface area (Å²) in [6, 6.07) is 0. The summed E-state index contributed by atoms with van der Waals surface area (Å²) in [5, 5.41) is 9.22. The molecule has 1 rings (SSSR count). The van der Waals surface area contributed by atoms with Crippen LogP contribution in [0.25, 0.3) is 0 Å². The van der Waals surface area contributed by atoms with Crippen molar-refractivity contribution < 1.29 is 5.11 Å². The molecule has 1 N–H and O–H groups in total. The van der Waals surface area contributed by atoms with Crippen molar-refractivity contribution in [3.63, 3.8) is 0 Å². The molecule has 1 atom stereocenters. The topological polar surface area (TPSA) is 23.5 Å². The van der Waals surface area contributed by atoms with E-state index in [1.165, 1.54) is 6.42 Å². The molecule has 1 unspecified atom stereocenters. The van der Waals surface area contributed by atoms with Crippen molar-refractivity contribution in [3.05, 3.63) is 11.6 Å². The quantitative estimate of drug-likeness (QED) is 0.757. The first-order chi connectivity index (χ1) is 6.20. The van der Waals surface area contributed by atoms with Crippen LogP contribution >= 0.6 is 11.6 Å². The molecule has 0 bridgehead atoms. The minimum atomic E-state index is 0.0956. The normalized spacial score (nSPS) is 31.3. The van der Waals surface area contributed by atoms with E-state index in [2.05, 4.69) is 11.8 Å². The Balaban J connectivity index is 2.41. The standard InChI is InChI=1S/C10H18ClNO/c1-10(9-13)4-2-6-12(8-10)7-3-5-11/h3,5,13H,2,4,6-9H2,1H3/b5-3+. The minimum absolute atomic E-state index is 0.0956. The van der Waals surface area contributed by atoms with Crippen molar-refractivity contribution in [3.8, 4) is 0 Å². The van der Waals surface area contributed by atoms with Gasteiger partial charge in [-0.15, -0.1) is 0 Å². The van der Waals surface area contributed by atoms with Gasteiger partial charge in [-0.05, 0) is 19.4 Å². The molecule has 1 aliphatic rings. The monoisotopic (exact) mass is 203 g/mol. The molecule has 1 fully saturated rings. The van der Waals surface area contributed by atoms with Gasteiger partial charge in [0.25, 0.3) is 0 Å². The Morgan fingerprint density at radius 2 is 2.38 bits per heavy atom. The van der Waals surface area contributed by atoms with Crippen LogP contribution in [0.4, 0.5) is 0 Å². The molecule has 76 valence electrons. The van der Waals surface area contributed by atoms with E-state index in [1.54, 1.807) is 5.54 Å². The van der Waals surface area contributed by atoms with Crippen LogP contribution in [0.1, 0.15) is 19.8 Å². The van der Waals surface area contributed by atoms with E-state index in [1.807, 2.05) is 6.08 Å². The number of aliphatic hydroxyl groups is 1. The summed E-state index contributed by atoms with van der Waals surface area (Å²) < 4.78 is 0. The van der Waals surface area contributed by atoms with Crippen LogP contribution in [0, 0.1) is 5.41 Å². The third kappa shape index (κ3) is 3.29. The largest absolute Gasteiger partial charge is 0.396 e. The summed E-state index contributed by atoms with van der Waals surface area (Å²) in [7, 11) is 0. The Labute approximate surface area is 85.2 Å². The van der Waals surface area contributed by atoms with Gasteiger partial charge in [0.05, 0.1) is 0 Å². The van der Waals surface area contributed by atoms with Gasteiger partial charge in [0, 0.05) is 30.6 Å². The Morgan fingerprint density at radius 1 is 1.62 bits per heavy atom. The van der Waals surface area contributed by atoms with E-state index in [-0.39, 0.29) is 12.0 Å². The zero-order chi connectivity index (χ0) is 9.73. The molecular formula is C10H18ClNO. The van der Waals surface area contributed by atoms with Crippen LogP contribution in [0.15, 0.2) is 11.6 Å². The van der Waals surface area contributed by atoms with Gasteiger partial charge >= 0.3 is 0 Å². The van der Waals surface area contributed by atoms with E-state index >= 15 is 0 Å². The van der Waals surface area contributed by atoms with Gasteiger partial charge in [0.15, 0.2) is 0 Å². The first-order valence-electron chi connectivity index (χ1n) is 4.79. The molecule has 0 aliphatic carbocycles. The van der Waals surface area contributed by atoms with Crippen molar-refractivity contribution >= 4 is 11.6 Å². The summed E-state index contributed by atoms with van der Waals surface area (Å²) in [5.74, 6) is 0. The van der Waals surface area contributed by atoms with Crippen LogP contribution in [-0.2, 0) is 0 Å². The molecule has 0 saturated carbocycles. The Morgan fingerprint density at radius 3 is 3.00 bits per heavy atom. The minimum Gasteiger partial charge on any atom is -0.396 e. The number of hydrogen-bond acceptors (Lipinski definition) is 2. The molecule has 1 heterocycles. The third-order valence-electron chi connectivity index (χ3n) is 2.69. The fraction of sp³-hybridized carbons (Fsp3) is 0.800. The van der Waals surface area contributed by atoms with E-state index in [9.17, 15) is 5.11 Å². The summed E-state index contributed by atoms with van der Waals surface area (Å²) in [6.45, 7) is 5.43. The van der Waals surface area contributed by atoms with Crippen molar-refractivity contribution in [2.24, 2.45) is 5.41 Å². The molecule has 1 saturated heterocycles. The van der Waals surface area contributed by atoms with E-state index < -0.39 is 0 Å². The third-order valence-corrected chi connectivity index (χ3v) is 2.87. The lowest BCUT2D eigenvalue weighted by Gasteiger charge is -2.38. The smallest absolute Gasteiger partial charge is 0.0497 e. The molecule has 0 aromatic carbocycles. The molecule has 0 radical (unpaired) electrons. The zero-order valence-electron chi connectivity index (χ0n) is 8.17. The van der Waals surface area contributed by atoms with Crippen molar-refractivity contribution in [1.82, 2.24) is 4.90 Å². The average molecular weight is 204 g/mol. The lowest BCUT2D eigenvalue weighted by atomic mass is 9.83. The Bertz CT molecular complexity index is 184. The number of halogens is 1. The molecule has 0 spiro atoms. The number of nitrogens with zero attached hydrogens (tertiary/aromatic N) is 1. The van der Waals surface area contributed by atoms with Gasteiger partial charge in [0.1, 0.15) is 0 Å². The molecular weight excluding hydrogens is 186 g/mol. The second-order valence-corrected chi connectivity index (χ2v) is 4.42. The average Bonchev–Trinajstić information content (AvgIpc) is 2.15. The van der Waals surface area contributed by atoms with Crippen LogP contribution in [0.3, 0.4) is 0 Å². The summed E-state index contributed by atoms with van der Waals surface area (Å²) in [6.07, 6.45) is 4.25. The molecule has 13 heavy (non-hydrogen) atoms. The lowest BCUT2D eigenvalue weighted by molar-refractivity contribution is 0.0523. The van der Waals surface area contributed by atoms with Crippen LogP contribution < -0.4 is 0 Å². The maximum absolute atomic E-state index is 9.22. The predicted molar refractivity (Wildman–Crippen MR) is 55.9 cm³/mol. The first kappa shape index (κ1) is 11.0. The second kappa shape index (κ2) is 4.99. The van der Waals surface area contributed by atoms with Gasteiger partial charge in [-0.3, -0.25) is 4.90 Å². The Hall–Kier alpha value is -0.0500. The summed E-state index contributed by atoms with van der Waals surface area (Å²) in [5.41, 5.74) is 1.66. The highest BCUT2D eigenvalue weighted by Crippen LogP contribution is 2.28. The van der Waals surface area contributed by atoms with E-state index in [4.69, 9.17) is 11.6 Å². The van der Waals surface area contributed by atoms with Gasteiger partial charge in [-0.2, -0.15) is 0 Å². The molecule has 0 aromatic heterocycles. The summed E-state index contributed by atoms with van der Waals surface area (Å²) >= 11 is 5.47. The van der Waals surface area contributed by atoms with Gasteiger partial charge < -0.3 is 5.11 Å². The molecule has 2 nitrogen and oxygen atoms in total. The highest BCUT2D eigenvalue weighted by Gasteiger charge is 2.29. The van der Waals surface area contributed by atoms with Crippen molar-refractivity contribution in [2.45, 2.75) is 19.8 Å². The van der Waals surface area contributed by atoms with Crippen molar-refractivity contribution in [2.75, 3.05) is 26.2 Å². The van der Waals surface area contributed by atoms with E-state index in [0.29, 0.717) is 0 Å². The number of rotatable bonds is 3. The SMILES string of the molecule is CC1(CO)CCCN(C/C=C/Cl)C1. The fourth-order valence-corrected chi connectivity index (χ4v) is 1.98. The first-order valence-corrected chi connectivity index (χ1v) is 5.22. The van der Waals surface area contributed by atoms with Crippen molar-refractivity contribution in [1.29, 1.82) is 0 Å². The van der Waals surface area contributed by atoms with Crippen LogP contribution in [0.5, 0.6) is 0 Å². The summed E-state index contributed by atoms with van der Waals surface area (Å²) in [4.78, 5) is 2.33. The highest BCUT2D eigenvalue weighted by molar-refractivity contribution is 6.25. The zero-order valence-corrected chi connectivity index (χ0v) is 8.93. The lowest BCUT2D eigenvalue weighted by Crippen LogP contribution is -2.43. The molecule has 1 aliphatic heterocycles. The predicted octanol–water partition coefficient (Wildman–Crippen LogP) is 1.83. The fourth-order valence-electron chi connectivity index (χ4n) is 1.90. The molecule has 0 aromatic rings. The number of piperidine rings is 1. The van der Waals surface area contributed by atoms with Crippen LogP contribution in [-0.4, -0.2) is 36.2 Å². The molecule has 0 amide bonds. The van der Waals surface area contributed by atoms with Gasteiger partial charge in [-0.25, -0.2) is 0 Å². The number of aliphatic hydroxyl groups excluding tert-OH is 1. The second-order valence-electron chi connectivity index (χ2n) is 4.17. The number of likely N-dealkylation sites (tertiary alicyclic amines) is 1. The van der Waals surface area contributed by atoms with E-state index in [0.717, 1.165) is 26.1 Å². The van der Waals surface area contributed by atoms with Gasteiger partial charge in [0.2, 0.25) is 0 Å². The van der Waals surface area contributed by atoms with Crippen LogP contribution in [0.2, 0.25) is 0 Å². The maximum Gasteiger partial charge on any atom is 0.0497 e.